The lowest BCUT2D eigenvalue weighted by Crippen LogP contribution is -2.38. The first kappa shape index (κ1) is 17.1. The molecule has 1 rings (SSSR count). The van der Waals surface area contributed by atoms with Gasteiger partial charge < -0.3 is 15.4 Å². The molecule has 1 atom stereocenters. The van der Waals surface area contributed by atoms with Gasteiger partial charge in [0.25, 0.3) is 0 Å². The van der Waals surface area contributed by atoms with Crippen molar-refractivity contribution in [3.8, 4) is 0 Å². The molecule has 4 nitrogen and oxygen atoms in total. The Labute approximate surface area is 133 Å². The molecule has 0 saturated carbocycles. The van der Waals surface area contributed by atoms with Crippen LogP contribution in [-0.2, 0) is 4.74 Å². The van der Waals surface area contributed by atoms with Crippen LogP contribution in [-0.4, -0.2) is 24.3 Å². The summed E-state index contributed by atoms with van der Waals surface area (Å²) in [5, 5.41) is 6.66. The highest BCUT2D eigenvalue weighted by molar-refractivity contribution is 9.10. The number of amides is 1. The molecule has 0 aromatic heterocycles. The Morgan fingerprint density at radius 1 is 1.45 bits per heavy atom. The molecule has 2 N–H and O–H groups in total. The quantitative estimate of drug-likeness (QED) is 0.832. The van der Waals surface area contributed by atoms with E-state index in [1.165, 1.54) is 0 Å². The lowest BCUT2D eigenvalue weighted by atomic mass is 10.2. The average molecular weight is 364 g/mol. The van der Waals surface area contributed by atoms with Gasteiger partial charge in [0, 0.05) is 22.7 Å². The molecule has 1 aromatic rings. The summed E-state index contributed by atoms with van der Waals surface area (Å²) in [6.45, 7) is 7.94. The van der Waals surface area contributed by atoms with Crippen molar-refractivity contribution in [1.82, 2.24) is 5.32 Å². The molecule has 0 bridgehead atoms. The number of ether oxygens (including phenoxy) is 1. The number of carbonyl (C=O) groups excluding carboxylic acids is 1. The molecule has 0 aliphatic heterocycles. The van der Waals surface area contributed by atoms with E-state index >= 15 is 0 Å². The fourth-order valence-corrected chi connectivity index (χ4v) is 1.97. The number of nitrogens with one attached hydrogen (secondary N) is 2. The monoisotopic (exact) mass is 362 g/mol. The Morgan fingerprint density at radius 2 is 2.10 bits per heavy atom. The second-order valence-corrected chi connectivity index (χ2v) is 6.82. The summed E-state index contributed by atoms with van der Waals surface area (Å²) < 4.78 is 6.00. The topological polar surface area (TPSA) is 50.4 Å². The van der Waals surface area contributed by atoms with Crippen molar-refractivity contribution in [3.63, 3.8) is 0 Å². The summed E-state index contributed by atoms with van der Waals surface area (Å²) in [6.07, 6.45) is -0.413. The van der Waals surface area contributed by atoms with Crippen LogP contribution in [0.25, 0.3) is 0 Å². The molecule has 112 valence electrons. The summed E-state index contributed by atoms with van der Waals surface area (Å²) in [7, 11) is 0. The van der Waals surface area contributed by atoms with Gasteiger partial charge in [-0.2, -0.15) is 0 Å². The molecule has 0 heterocycles. The molecule has 0 fully saturated rings. The first-order chi connectivity index (χ1) is 9.17. The molecule has 6 heteroatoms. The van der Waals surface area contributed by atoms with Gasteiger partial charge in [0.1, 0.15) is 5.60 Å². The molecule has 1 unspecified atom stereocenters. The highest BCUT2D eigenvalue weighted by Gasteiger charge is 2.16. The molecule has 0 radical (unpaired) electrons. The number of hydrogen-bond acceptors (Lipinski definition) is 3. The van der Waals surface area contributed by atoms with Crippen LogP contribution in [0.4, 0.5) is 10.5 Å². The third-order valence-electron chi connectivity index (χ3n) is 2.28. The van der Waals surface area contributed by atoms with Crippen molar-refractivity contribution in [1.29, 1.82) is 0 Å². The van der Waals surface area contributed by atoms with Gasteiger partial charge in [-0.25, -0.2) is 4.79 Å². The summed E-state index contributed by atoms with van der Waals surface area (Å²) in [4.78, 5) is 11.5. The van der Waals surface area contributed by atoms with E-state index in [0.717, 1.165) is 10.2 Å². The van der Waals surface area contributed by atoms with Crippen molar-refractivity contribution >= 4 is 39.3 Å². The number of anilines is 1. The second kappa shape index (κ2) is 7.18. The van der Waals surface area contributed by atoms with E-state index in [1.807, 2.05) is 45.9 Å². The van der Waals surface area contributed by atoms with E-state index in [1.54, 1.807) is 0 Å². The maximum absolute atomic E-state index is 11.5. The van der Waals surface area contributed by atoms with Crippen molar-refractivity contribution in [3.05, 3.63) is 27.7 Å². The van der Waals surface area contributed by atoms with Crippen LogP contribution in [0.1, 0.15) is 27.7 Å². The third-order valence-corrected chi connectivity index (χ3v) is 3.50. The van der Waals surface area contributed by atoms with Crippen molar-refractivity contribution in [2.24, 2.45) is 0 Å². The minimum Gasteiger partial charge on any atom is -0.444 e. The van der Waals surface area contributed by atoms with Gasteiger partial charge in [-0.1, -0.05) is 11.6 Å². The van der Waals surface area contributed by atoms with Gasteiger partial charge in [-0.05, 0) is 61.8 Å². The van der Waals surface area contributed by atoms with E-state index in [2.05, 4.69) is 26.6 Å². The van der Waals surface area contributed by atoms with Gasteiger partial charge in [-0.15, -0.1) is 0 Å². The van der Waals surface area contributed by atoms with E-state index in [-0.39, 0.29) is 6.04 Å². The number of hydrogen-bond donors (Lipinski definition) is 2. The standard InChI is InChI=1S/C14H20BrClN2O2/c1-9(8-17-13(19)20-14(2,3)4)18-10-5-6-12(16)11(15)7-10/h5-7,9,18H,8H2,1-4H3,(H,17,19). The van der Waals surface area contributed by atoms with E-state index in [9.17, 15) is 4.79 Å². The lowest BCUT2D eigenvalue weighted by Gasteiger charge is -2.21. The summed E-state index contributed by atoms with van der Waals surface area (Å²) >= 11 is 9.30. The van der Waals surface area contributed by atoms with Crippen LogP contribution in [0.3, 0.4) is 0 Å². The van der Waals surface area contributed by atoms with Crippen LogP contribution in [0.5, 0.6) is 0 Å². The maximum atomic E-state index is 11.5. The zero-order valence-electron chi connectivity index (χ0n) is 12.1. The van der Waals surface area contributed by atoms with E-state index < -0.39 is 11.7 Å². The fourth-order valence-electron chi connectivity index (χ4n) is 1.47. The van der Waals surface area contributed by atoms with Crippen LogP contribution in [0.15, 0.2) is 22.7 Å². The maximum Gasteiger partial charge on any atom is 0.407 e. The highest BCUT2D eigenvalue weighted by Crippen LogP contribution is 2.25. The fraction of sp³-hybridized carbons (Fsp3) is 0.500. The Bertz CT molecular complexity index is 475. The lowest BCUT2D eigenvalue weighted by molar-refractivity contribution is 0.0526. The van der Waals surface area contributed by atoms with E-state index in [4.69, 9.17) is 16.3 Å². The van der Waals surface area contributed by atoms with Crippen LogP contribution < -0.4 is 10.6 Å². The summed E-state index contributed by atoms with van der Waals surface area (Å²) in [6, 6.07) is 5.65. The largest absolute Gasteiger partial charge is 0.444 e. The molecule has 1 amide bonds. The van der Waals surface area contributed by atoms with Crippen molar-refractivity contribution in [2.45, 2.75) is 39.3 Å². The van der Waals surface area contributed by atoms with E-state index in [0.29, 0.717) is 11.6 Å². The van der Waals surface area contributed by atoms with Crippen LogP contribution >= 0.6 is 27.5 Å². The number of alkyl carbamates (subject to hydrolysis) is 1. The summed E-state index contributed by atoms with van der Waals surface area (Å²) in [5.41, 5.74) is 0.446. The third kappa shape index (κ3) is 6.48. The Morgan fingerprint density at radius 3 is 2.65 bits per heavy atom. The first-order valence-electron chi connectivity index (χ1n) is 6.36. The SMILES string of the molecule is CC(CNC(=O)OC(C)(C)C)Nc1ccc(Cl)c(Br)c1. The second-order valence-electron chi connectivity index (χ2n) is 5.56. The minimum absolute atomic E-state index is 0.0654. The van der Waals surface area contributed by atoms with Gasteiger partial charge in [0.2, 0.25) is 0 Å². The highest BCUT2D eigenvalue weighted by atomic mass is 79.9. The van der Waals surface area contributed by atoms with Crippen molar-refractivity contribution in [2.75, 3.05) is 11.9 Å². The smallest absolute Gasteiger partial charge is 0.407 e. The predicted molar refractivity (Wildman–Crippen MR) is 86.5 cm³/mol. The normalized spacial score (nSPS) is 12.7. The van der Waals surface area contributed by atoms with Gasteiger partial charge in [-0.3, -0.25) is 0 Å². The molecule has 0 aliphatic rings. The first-order valence-corrected chi connectivity index (χ1v) is 7.53. The predicted octanol–water partition coefficient (Wildman–Crippen LogP) is 4.43. The molecule has 1 aromatic carbocycles. The van der Waals surface area contributed by atoms with Gasteiger partial charge >= 0.3 is 6.09 Å². The minimum atomic E-state index is -0.484. The Kier molecular flexibility index (Phi) is 6.14. The van der Waals surface area contributed by atoms with Crippen molar-refractivity contribution < 1.29 is 9.53 Å². The summed E-state index contributed by atoms with van der Waals surface area (Å²) in [5.74, 6) is 0. The Balaban J connectivity index is 2.42. The zero-order valence-corrected chi connectivity index (χ0v) is 14.4. The van der Waals surface area contributed by atoms with Crippen LogP contribution in [0.2, 0.25) is 5.02 Å². The Hall–Kier alpha value is -0.940. The number of carbonyl (C=O) groups is 1. The number of rotatable bonds is 4. The molecular formula is C14H20BrClN2O2. The zero-order chi connectivity index (χ0) is 15.3. The number of halogens is 2. The molecule has 0 spiro atoms. The molecule has 20 heavy (non-hydrogen) atoms. The average Bonchev–Trinajstić information content (AvgIpc) is 2.29. The molecular weight excluding hydrogens is 344 g/mol. The molecule has 0 saturated heterocycles. The van der Waals surface area contributed by atoms with Gasteiger partial charge in [0.05, 0.1) is 5.02 Å². The molecule has 0 aliphatic carbocycles. The van der Waals surface area contributed by atoms with Gasteiger partial charge in [0.15, 0.2) is 0 Å². The van der Waals surface area contributed by atoms with Crippen LogP contribution in [0, 0.1) is 0 Å². The number of benzene rings is 1.